The van der Waals surface area contributed by atoms with Gasteiger partial charge in [0, 0.05) is 12.8 Å². The van der Waals surface area contributed by atoms with Crippen molar-refractivity contribution in [1.82, 2.24) is 0 Å². The fourth-order valence-corrected chi connectivity index (χ4v) is 6.92. The smallest absolute Gasteiger partial charge is 0.462 e. The summed E-state index contributed by atoms with van der Waals surface area (Å²) >= 11 is 0. The number of phosphoric ester groups is 1. The molecule has 0 aromatic rings. The number of rotatable bonds is 44. The number of hydrogen-bond acceptors (Lipinski definition) is 7. The average molecular weight is 927 g/mol. The van der Waals surface area contributed by atoms with E-state index in [1.165, 1.54) is 32.1 Å². The largest absolute Gasteiger partial charge is 0.472 e. The zero-order valence-corrected chi connectivity index (χ0v) is 42.6. The van der Waals surface area contributed by atoms with E-state index in [1.54, 1.807) is 0 Å². The second-order valence-electron chi connectivity index (χ2n) is 17.5. The first kappa shape index (κ1) is 61.7. The number of allylic oxidation sites excluding steroid dienone is 18. The van der Waals surface area contributed by atoms with Crippen LogP contribution in [-0.4, -0.2) is 74.9 Å². The third-order valence-electron chi connectivity index (χ3n) is 10.1. The fraction of sp³-hybridized carbons (Fsp3) is 0.636. The van der Waals surface area contributed by atoms with Gasteiger partial charge in [-0.1, -0.05) is 187 Å². The van der Waals surface area contributed by atoms with Crippen LogP contribution in [-0.2, 0) is 32.7 Å². The summed E-state index contributed by atoms with van der Waals surface area (Å²) in [5.41, 5.74) is 0. The number of unbranched alkanes of at least 4 members (excludes halogenated alkanes) is 12. The number of esters is 2. The highest BCUT2D eigenvalue weighted by molar-refractivity contribution is 7.47. The quantitative estimate of drug-likeness (QED) is 0.0212. The zero-order chi connectivity index (χ0) is 47.8. The molecular weight excluding hydrogens is 834 g/mol. The fourth-order valence-electron chi connectivity index (χ4n) is 6.18. The van der Waals surface area contributed by atoms with Crippen molar-refractivity contribution in [2.24, 2.45) is 0 Å². The number of carbonyl (C=O) groups excluding carboxylic acids is 2. The average Bonchev–Trinajstić information content (AvgIpc) is 3.26. The molecule has 0 rings (SSSR count). The Bertz CT molecular complexity index is 1470. The normalized spacial score (nSPS) is 14.4. The van der Waals surface area contributed by atoms with Crippen LogP contribution in [0.1, 0.15) is 174 Å². The molecule has 9 nitrogen and oxygen atoms in total. The first-order valence-corrected chi connectivity index (χ1v) is 26.6. The molecule has 0 aliphatic rings. The molecule has 0 amide bonds. The van der Waals surface area contributed by atoms with E-state index in [0.717, 1.165) is 109 Å². The van der Waals surface area contributed by atoms with Gasteiger partial charge in [0.25, 0.3) is 0 Å². The second kappa shape index (κ2) is 45.8. The molecule has 0 saturated carbocycles. The Morgan fingerprint density at radius 1 is 0.492 bits per heavy atom. The van der Waals surface area contributed by atoms with Crippen molar-refractivity contribution in [3.63, 3.8) is 0 Å². The van der Waals surface area contributed by atoms with Crippen LogP contribution in [0.5, 0.6) is 0 Å². The van der Waals surface area contributed by atoms with Gasteiger partial charge in [0.2, 0.25) is 0 Å². The first-order valence-electron chi connectivity index (χ1n) is 25.1. The predicted octanol–water partition coefficient (Wildman–Crippen LogP) is 15.1. The molecule has 0 saturated heterocycles. The third-order valence-corrected chi connectivity index (χ3v) is 11.1. The number of quaternary nitrogens is 1. The van der Waals surface area contributed by atoms with Gasteiger partial charge in [0.1, 0.15) is 19.8 Å². The molecule has 2 unspecified atom stereocenters. The van der Waals surface area contributed by atoms with E-state index in [4.69, 9.17) is 18.5 Å². The Morgan fingerprint density at radius 3 is 1.31 bits per heavy atom. The van der Waals surface area contributed by atoms with Crippen LogP contribution in [0.4, 0.5) is 0 Å². The van der Waals surface area contributed by atoms with Gasteiger partial charge in [-0.15, -0.1) is 0 Å². The number of nitrogens with zero attached hydrogens (tertiary/aromatic N) is 1. The lowest BCUT2D eigenvalue weighted by molar-refractivity contribution is -0.870. The van der Waals surface area contributed by atoms with E-state index in [-0.39, 0.29) is 32.0 Å². The van der Waals surface area contributed by atoms with Crippen LogP contribution in [0.2, 0.25) is 0 Å². The molecule has 2 atom stereocenters. The molecule has 10 heteroatoms. The molecule has 0 aromatic heterocycles. The first-order chi connectivity index (χ1) is 31.5. The summed E-state index contributed by atoms with van der Waals surface area (Å²) in [5, 5.41) is 0. The van der Waals surface area contributed by atoms with Gasteiger partial charge in [-0.3, -0.25) is 18.6 Å². The number of carbonyl (C=O) groups is 2. The SMILES string of the molecule is CC/C=C\C/C=C\C/C=C\C/C=C\C/C=C\C/C=C\C/C=C\C/C=C\C/C=C\CCCCCCCC(=O)OC(COC(=O)CCCCCCCCCC)COP(=O)(O)OCC[N+](C)(C)C. The van der Waals surface area contributed by atoms with Gasteiger partial charge >= 0.3 is 19.8 Å². The molecule has 0 aliphatic heterocycles. The molecule has 0 aliphatic carbocycles. The zero-order valence-electron chi connectivity index (χ0n) is 41.7. The Kier molecular flexibility index (Phi) is 43.5. The lowest BCUT2D eigenvalue weighted by Gasteiger charge is -2.24. The number of ether oxygens (including phenoxy) is 2. The van der Waals surface area contributed by atoms with Crippen molar-refractivity contribution in [2.45, 2.75) is 180 Å². The van der Waals surface area contributed by atoms with E-state index in [0.29, 0.717) is 17.4 Å². The van der Waals surface area contributed by atoms with E-state index < -0.39 is 26.5 Å². The molecule has 65 heavy (non-hydrogen) atoms. The topological polar surface area (TPSA) is 108 Å². The van der Waals surface area contributed by atoms with Crippen molar-refractivity contribution in [2.75, 3.05) is 47.5 Å². The van der Waals surface area contributed by atoms with E-state index in [2.05, 4.69) is 123 Å². The molecular formula is C55H93NO8P+. The van der Waals surface area contributed by atoms with Crippen molar-refractivity contribution < 1.29 is 42.1 Å². The Hall–Kier alpha value is -3.33. The molecule has 0 aromatic carbocycles. The van der Waals surface area contributed by atoms with Crippen LogP contribution < -0.4 is 0 Å². The van der Waals surface area contributed by atoms with Crippen LogP contribution in [0, 0.1) is 0 Å². The van der Waals surface area contributed by atoms with E-state index in [9.17, 15) is 19.0 Å². The van der Waals surface area contributed by atoms with Gasteiger partial charge in [0.15, 0.2) is 6.10 Å². The Labute approximate surface area is 397 Å². The molecule has 0 bridgehead atoms. The van der Waals surface area contributed by atoms with Crippen molar-refractivity contribution in [1.29, 1.82) is 0 Å². The van der Waals surface area contributed by atoms with Gasteiger partial charge < -0.3 is 18.9 Å². The minimum atomic E-state index is -4.38. The summed E-state index contributed by atoms with van der Waals surface area (Å²) in [6.07, 6.45) is 63.1. The van der Waals surface area contributed by atoms with Gasteiger partial charge in [0.05, 0.1) is 27.7 Å². The summed E-state index contributed by atoms with van der Waals surface area (Å²) in [5.74, 6) is -0.834. The lowest BCUT2D eigenvalue weighted by Crippen LogP contribution is -2.37. The van der Waals surface area contributed by atoms with Gasteiger partial charge in [-0.2, -0.15) is 0 Å². The minimum absolute atomic E-state index is 0.0225. The molecule has 0 radical (unpaired) electrons. The summed E-state index contributed by atoms with van der Waals surface area (Å²) in [6, 6.07) is 0. The number of likely N-dealkylation sites (N-methyl/N-ethyl adjacent to an activating group) is 1. The number of hydrogen-bond donors (Lipinski definition) is 1. The van der Waals surface area contributed by atoms with Gasteiger partial charge in [-0.05, 0) is 83.5 Å². The number of phosphoric acid groups is 1. The predicted molar refractivity (Wildman–Crippen MR) is 275 cm³/mol. The monoisotopic (exact) mass is 927 g/mol. The lowest BCUT2D eigenvalue weighted by atomic mass is 10.1. The van der Waals surface area contributed by atoms with E-state index in [1.807, 2.05) is 21.1 Å². The Balaban J connectivity index is 4.19. The highest BCUT2D eigenvalue weighted by Crippen LogP contribution is 2.43. The van der Waals surface area contributed by atoms with Crippen LogP contribution in [0.15, 0.2) is 109 Å². The van der Waals surface area contributed by atoms with E-state index >= 15 is 0 Å². The third kappa shape index (κ3) is 49.9. The summed E-state index contributed by atoms with van der Waals surface area (Å²) in [6.45, 7) is 4.22. The highest BCUT2D eigenvalue weighted by Gasteiger charge is 2.27. The summed E-state index contributed by atoms with van der Waals surface area (Å²) in [7, 11) is 1.45. The van der Waals surface area contributed by atoms with Crippen LogP contribution >= 0.6 is 7.82 Å². The summed E-state index contributed by atoms with van der Waals surface area (Å²) in [4.78, 5) is 35.3. The van der Waals surface area contributed by atoms with Crippen molar-refractivity contribution >= 4 is 19.8 Å². The maximum atomic E-state index is 12.7. The van der Waals surface area contributed by atoms with Crippen molar-refractivity contribution in [3.05, 3.63) is 109 Å². The molecule has 370 valence electrons. The van der Waals surface area contributed by atoms with Crippen molar-refractivity contribution in [3.8, 4) is 0 Å². The maximum absolute atomic E-state index is 12.7. The Morgan fingerprint density at radius 2 is 0.877 bits per heavy atom. The maximum Gasteiger partial charge on any atom is 0.472 e. The highest BCUT2D eigenvalue weighted by atomic mass is 31.2. The molecule has 0 fully saturated rings. The molecule has 1 N–H and O–H groups in total. The van der Waals surface area contributed by atoms with Crippen LogP contribution in [0.25, 0.3) is 0 Å². The molecule has 0 spiro atoms. The van der Waals surface area contributed by atoms with Gasteiger partial charge in [-0.25, -0.2) is 4.57 Å². The minimum Gasteiger partial charge on any atom is -0.462 e. The van der Waals surface area contributed by atoms with Crippen LogP contribution in [0.3, 0.4) is 0 Å². The molecule has 0 heterocycles. The second-order valence-corrected chi connectivity index (χ2v) is 18.9. The standard InChI is InChI=1S/C55H92NO8P/c1-6-8-10-12-14-16-17-18-19-20-21-22-23-24-25-26-27-28-29-30-31-32-33-34-35-36-37-38-39-40-42-44-46-48-55(58)64-53(52-63-65(59,60)62-50-49-56(3,4)5)51-61-54(57)47-45-43-41-15-13-11-9-7-2/h8,10,14,16,18-19,21-22,24-25,27-28,30-31,33-34,36-37,53H,6-7,9,11-13,15,17,20,23,26,29,32,35,38-52H2,1-5H3/p+1/b10-8-,16-14-,19-18-,22-21-,25-24-,28-27-,31-30-,34-33-,37-36-. The summed E-state index contributed by atoms with van der Waals surface area (Å²) < 4.78 is 34.2.